The lowest BCUT2D eigenvalue weighted by Gasteiger charge is -2.56. The third-order valence-electron chi connectivity index (χ3n) is 5.03. The molecular weight excluding hydrogens is 332 g/mol. The lowest BCUT2D eigenvalue weighted by atomic mass is 9.69. The van der Waals surface area contributed by atoms with Crippen molar-refractivity contribution in [1.29, 1.82) is 0 Å². The number of amides is 2. The van der Waals surface area contributed by atoms with E-state index in [1.54, 1.807) is 20.8 Å². The van der Waals surface area contributed by atoms with Crippen LogP contribution in [0.5, 0.6) is 0 Å². The fraction of sp³-hybridized carbons (Fsp3) is 0.812. The fourth-order valence-corrected chi connectivity index (χ4v) is 3.91. The number of hydrogen-bond donors (Lipinski definition) is 1. The van der Waals surface area contributed by atoms with Gasteiger partial charge in [0.15, 0.2) is 5.60 Å². The third-order valence-corrected chi connectivity index (χ3v) is 5.03. The van der Waals surface area contributed by atoms with Gasteiger partial charge in [-0.3, -0.25) is 14.6 Å². The topological polar surface area (TPSA) is 106 Å². The van der Waals surface area contributed by atoms with Crippen molar-refractivity contribution >= 4 is 18.2 Å². The number of rotatable bonds is 2. The molecule has 140 valence electrons. The van der Waals surface area contributed by atoms with Crippen LogP contribution >= 0.6 is 0 Å². The van der Waals surface area contributed by atoms with E-state index >= 15 is 0 Å². The molecular formula is C16H24N2O7. The molecule has 3 saturated heterocycles. The number of carbonyl (C=O) groups excluding carboxylic acids is 2. The molecule has 0 atom stereocenters. The van der Waals surface area contributed by atoms with Gasteiger partial charge in [0.1, 0.15) is 12.1 Å². The zero-order valence-corrected chi connectivity index (χ0v) is 14.7. The predicted molar refractivity (Wildman–Crippen MR) is 84.1 cm³/mol. The van der Waals surface area contributed by atoms with E-state index in [0.29, 0.717) is 26.1 Å². The summed E-state index contributed by atoms with van der Waals surface area (Å²) in [6.45, 7) is 6.16. The molecule has 0 aliphatic carbocycles. The third kappa shape index (κ3) is 2.90. The summed E-state index contributed by atoms with van der Waals surface area (Å²) in [5.74, 6) is -1.09. The van der Waals surface area contributed by atoms with Crippen molar-refractivity contribution in [3.63, 3.8) is 0 Å². The Morgan fingerprint density at radius 3 is 2.36 bits per heavy atom. The number of ether oxygens (including phenoxy) is 3. The van der Waals surface area contributed by atoms with Crippen molar-refractivity contribution in [3.8, 4) is 0 Å². The van der Waals surface area contributed by atoms with Crippen LogP contribution in [0.15, 0.2) is 0 Å². The zero-order chi connectivity index (χ0) is 18.5. The highest BCUT2D eigenvalue weighted by Crippen LogP contribution is 2.50. The van der Waals surface area contributed by atoms with Crippen LogP contribution < -0.4 is 0 Å². The molecule has 3 aliphatic rings. The first-order valence-corrected chi connectivity index (χ1v) is 8.37. The smallest absolute Gasteiger partial charge is 0.411 e. The molecule has 3 fully saturated rings. The van der Waals surface area contributed by atoms with Gasteiger partial charge in [-0.2, -0.15) is 0 Å². The van der Waals surface area contributed by atoms with E-state index in [1.165, 1.54) is 9.80 Å². The molecule has 2 amide bonds. The minimum atomic E-state index is -1.09. The molecule has 9 nitrogen and oxygen atoms in total. The van der Waals surface area contributed by atoms with Crippen molar-refractivity contribution in [1.82, 2.24) is 9.80 Å². The molecule has 0 aromatic heterocycles. The molecule has 25 heavy (non-hydrogen) atoms. The highest BCUT2D eigenvalue weighted by atomic mass is 16.6. The Bertz CT molecular complexity index is 586. The van der Waals surface area contributed by atoms with Crippen molar-refractivity contribution in [2.75, 3.05) is 32.8 Å². The molecule has 0 aromatic rings. The Morgan fingerprint density at radius 2 is 1.84 bits per heavy atom. The molecule has 1 N–H and O–H groups in total. The van der Waals surface area contributed by atoms with Gasteiger partial charge in [-0.1, -0.05) is 0 Å². The van der Waals surface area contributed by atoms with Crippen LogP contribution in [0.3, 0.4) is 0 Å². The van der Waals surface area contributed by atoms with Crippen LogP contribution in [-0.2, 0) is 19.0 Å². The number of hydrogen-bond acceptors (Lipinski definition) is 6. The summed E-state index contributed by atoms with van der Waals surface area (Å²) in [4.78, 5) is 38.6. The highest BCUT2D eigenvalue weighted by molar-refractivity contribution is 5.81. The van der Waals surface area contributed by atoms with Gasteiger partial charge in [0.05, 0.1) is 18.6 Å². The Kier molecular flexibility index (Phi) is 4.09. The maximum atomic E-state index is 12.4. The second kappa shape index (κ2) is 5.76. The number of carboxylic acid groups (broad SMARTS) is 1. The summed E-state index contributed by atoms with van der Waals surface area (Å²) in [6.07, 6.45) is -0.149. The van der Waals surface area contributed by atoms with Crippen molar-refractivity contribution in [3.05, 3.63) is 0 Å². The average molecular weight is 356 g/mol. The van der Waals surface area contributed by atoms with Gasteiger partial charge in [-0.25, -0.2) is 9.59 Å². The standard InChI is InChI=1S/C16H24N2O7/c1-14(2,3)24-12(21)17-9-16(10-17)15(4-6-23-7-5-15)18(8-11(19)20)13(22)25-16/h4-10H2,1-3H3,(H,19,20). The second-order valence-corrected chi connectivity index (χ2v) is 7.82. The van der Waals surface area contributed by atoms with E-state index < -0.39 is 41.4 Å². The molecule has 0 bridgehead atoms. The molecule has 0 radical (unpaired) electrons. The van der Waals surface area contributed by atoms with Gasteiger partial charge in [-0.15, -0.1) is 0 Å². The summed E-state index contributed by atoms with van der Waals surface area (Å²) in [5, 5.41) is 9.17. The Morgan fingerprint density at radius 1 is 1.24 bits per heavy atom. The Hall–Kier alpha value is -2.03. The van der Waals surface area contributed by atoms with Crippen LogP contribution in [-0.4, -0.2) is 82.7 Å². The van der Waals surface area contributed by atoms with Crippen LogP contribution in [0.2, 0.25) is 0 Å². The number of nitrogens with zero attached hydrogens (tertiary/aromatic N) is 2. The maximum absolute atomic E-state index is 12.4. The SMILES string of the molecule is CC(C)(C)OC(=O)N1CC2(C1)OC(=O)N(CC(=O)O)C21CCOCC1. The molecule has 3 rings (SSSR count). The van der Waals surface area contributed by atoms with E-state index in [1.807, 2.05) is 0 Å². The minimum absolute atomic E-state index is 0.198. The first kappa shape index (κ1) is 17.8. The quantitative estimate of drug-likeness (QED) is 0.788. The number of aliphatic carboxylic acids is 1. The predicted octanol–water partition coefficient (Wildman–Crippen LogP) is 1.06. The molecule has 3 aliphatic heterocycles. The van der Waals surface area contributed by atoms with Gasteiger partial charge in [0.25, 0.3) is 0 Å². The van der Waals surface area contributed by atoms with Gasteiger partial charge in [0.2, 0.25) is 0 Å². The van der Waals surface area contributed by atoms with Crippen LogP contribution in [0.25, 0.3) is 0 Å². The second-order valence-electron chi connectivity index (χ2n) is 7.82. The molecule has 9 heteroatoms. The van der Waals surface area contributed by atoms with Crippen LogP contribution in [0, 0.1) is 0 Å². The van der Waals surface area contributed by atoms with Crippen molar-refractivity contribution in [2.24, 2.45) is 0 Å². The number of carboxylic acids is 1. The maximum Gasteiger partial charge on any atom is 0.411 e. The number of fused-ring (bicyclic) bond motifs is 1. The fourth-order valence-electron chi connectivity index (χ4n) is 3.91. The molecule has 0 unspecified atom stereocenters. The van der Waals surface area contributed by atoms with Crippen molar-refractivity contribution < 1.29 is 33.7 Å². The summed E-state index contributed by atoms with van der Waals surface area (Å²) in [6, 6.07) is 0. The van der Waals surface area contributed by atoms with E-state index in [-0.39, 0.29) is 13.1 Å². The van der Waals surface area contributed by atoms with Crippen molar-refractivity contribution in [2.45, 2.75) is 50.4 Å². The Labute approximate surface area is 145 Å². The summed E-state index contributed by atoms with van der Waals surface area (Å²) in [7, 11) is 0. The molecule has 2 spiro atoms. The summed E-state index contributed by atoms with van der Waals surface area (Å²) >= 11 is 0. The van der Waals surface area contributed by atoms with Gasteiger partial charge in [0, 0.05) is 13.2 Å². The van der Waals surface area contributed by atoms with Crippen LogP contribution in [0.1, 0.15) is 33.6 Å². The number of carbonyl (C=O) groups is 3. The van der Waals surface area contributed by atoms with E-state index in [2.05, 4.69) is 0 Å². The number of likely N-dealkylation sites (tertiary alicyclic amines) is 1. The zero-order valence-electron chi connectivity index (χ0n) is 14.7. The lowest BCUT2D eigenvalue weighted by Crippen LogP contribution is -2.76. The normalized spacial score (nSPS) is 24.2. The summed E-state index contributed by atoms with van der Waals surface area (Å²) in [5.41, 5.74) is -2.28. The van der Waals surface area contributed by atoms with Crippen LogP contribution in [0.4, 0.5) is 9.59 Å². The van der Waals surface area contributed by atoms with E-state index in [0.717, 1.165) is 0 Å². The Balaban J connectivity index is 1.80. The highest BCUT2D eigenvalue weighted by Gasteiger charge is 2.71. The van der Waals surface area contributed by atoms with Gasteiger partial charge < -0.3 is 19.3 Å². The average Bonchev–Trinajstić information content (AvgIpc) is 2.67. The van der Waals surface area contributed by atoms with E-state index in [9.17, 15) is 14.4 Å². The lowest BCUT2D eigenvalue weighted by molar-refractivity contribution is -0.155. The molecule has 0 saturated carbocycles. The first-order valence-electron chi connectivity index (χ1n) is 8.37. The summed E-state index contributed by atoms with van der Waals surface area (Å²) < 4.78 is 16.4. The first-order chi connectivity index (χ1) is 11.6. The van der Waals surface area contributed by atoms with Gasteiger partial charge in [-0.05, 0) is 33.6 Å². The monoisotopic (exact) mass is 356 g/mol. The van der Waals surface area contributed by atoms with Gasteiger partial charge >= 0.3 is 18.2 Å². The van der Waals surface area contributed by atoms with E-state index in [4.69, 9.17) is 19.3 Å². The largest absolute Gasteiger partial charge is 0.480 e. The molecule has 0 aromatic carbocycles. The minimum Gasteiger partial charge on any atom is -0.480 e. The molecule has 3 heterocycles.